The van der Waals surface area contributed by atoms with E-state index in [1.54, 1.807) is 0 Å². The van der Waals surface area contributed by atoms with Crippen molar-refractivity contribution in [2.24, 2.45) is 23.7 Å². The summed E-state index contributed by atoms with van der Waals surface area (Å²) in [6.07, 6.45) is 0.818. The van der Waals surface area contributed by atoms with Crippen molar-refractivity contribution < 1.29 is 9.47 Å². The number of rotatable bonds is 11. The highest BCUT2D eigenvalue weighted by Crippen LogP contribution is 2.25. The van der Waals surface area contributed by atoms with Crippen LogP contribution in [0.15, 0.2) is 0 Å². The van der Waals surface area contributed by atoms with Crippen LogP contribution in [-0.4, -0.2) is 250 Å². The molecule has 0 aromatic heterocycles. The monoisotopic (exact) mass is 757 g/mol. The number of likely N-dealkylation sites (tertiary alicyclic amines) is 1. The van der Waals surface area contributed by atoms with Crippen molar-refractivity contribution in [3.05, 3.63) is 0 Å². The fourth-order valence-corrected chi connectivity index (χ4v) is 6.13. The molecule has 3 atom stereocenters. The van der Waals surface area contributed by atoms with Crippen LogP contribution in [0.3, 0.4) is 0 Å². The van der Waals surface area contributed by atoms with Gasteiger partial charge < -0.3 is 14.4 Å². The van der Waals surface area contributed by atoms with Gasteiger partial charge in [-0.2, -0.15) is 0 Å². The first-order valence-electron chi connectivity index (χ1n) is 21.8. The molecule has 3 aliphatic heterocycles. The molecule has 0 aromatic rings. The van der Waals surface area contributed by atoms with Gasteiger partial charge in [-0.05, 0) is 97.6 Å². The van der Waals surface area contributed by atoms with E-state index >= 15 is 0 Å². The molecule has 0 saturated carbocycles. The van der Waals surface area contributed by atoms with Gasteiger partial charge in [0.05, 0.1) is 25.9 Å². The molecule has 0 aromatic carbocycles. The van der Waals surface area contributed by atoms with E-state index in [1.165, 1.54) is 39.4 Å². The Morgan fingerprint density at radius 2 is 1.05 bits per heavy atom. The van der Waals surface area contributed by atoms with E-state index < -0.39 is 38.3 Å². The summed E-state index contributed by atoms with van der Waals surface area (Å²) in [6, 6.07) is 2.68. The minimum atomic E-state index is -0.630. The molecular formula is C32H67B21N3O2. The molecule has 0 spiro atoms. The topological polar surface area (TPSA) is 28.2 Å². The summed E-state index contributed by atoms with van der Waals surface area (Å²) in [5.41, 5.74) is 0. The number of ether oxygens (including phenoxy) is 2. The smallest absolute Gasteiger partial charge is 0.0725 e. The molecule has 58 heavy (non-hydrogen) atoms. The number of hydrogen-bond acceptors (Lipinski definition) is 5. The number of nitrogens with zero attached hydrogens (tertiary/aromatic N) is 3. The molecule has 285 valence electrons. The molecular weight excluding hydrogens is 685 g/mol. The molecule has 3 fully saturated rings. The summed E-state index contributed by atoms with van der Waals surface area (Å²) in [5.74, 6) is 3.20. The third-order valence-electron chi connectivity index (χ3n) is 10.7. The summed E-state index contributed by atoms with van der Waals surface area (Å²) in [7, 11) is 67.2. The van der Waals surface area contributed by atoms with Crippen molar-refractivity contribution in [3.8, 4) is 0 Å². The molecule has 26 heteroatoms. The summed E-state index contributed by atoms with van der Waals surface area (Å²) < 4.78 is 11.2. The minimum Gasteiger partial charge on any atom is -0.378 e. The summed E-state index contributed by atoms with van der Waals surface area (Å²) >= 11 is 0. The molecule has 27 radical (unpaired) electrons. The fraction of sp³-hybridized carbons (Fsp3) is 1.00. The van der Waals surface area contributed by atoms with Gasteiger partial charge in [-0.1, -0.05) is 41.5 Å². The second kappa shape index (κ2) is 36.5. The zero-order chi connectivity index (χ0) is 45.9. The van der Waals surface area contributed by atoms with Crippen molar-refractivity contribution >= 4 is 152 Å². The largest absolute Gasteiger partial charge is 0.378 e. The number of hydrogen-bond donors (Lipinski definition) is 0. The fourth-order valence-electron chi connectivity index (χ4n) is 6.13. The third kappa shape index (κ3) is 31.9. The van der Waals surface area contributed by atoms with E-state index in [0.717, 1.165) is 57.3 Å². The maximum Gasteiger partial charge on any atom is 0.0725 e. The Hall–Kier alpha value is 1.16. The third-order valence-corrected chi connectivity index (χ3v) is 10.7. The molecule has 0 N–H and O–H groups in total. The average Bonchev–Trinajstić information content (AvgIpc) is 3.42. The van der Waals surface area contributed by atoms with Crippen molar-refractivity contribution in [3.63, 3.8) is 0 Å². The minimum absolute atomic E-state index is 0.389. The zero-order valence-corrected chi connectivity index (χ0v) is 39.3. The molecule has 0 aliphatic carbocycles. The summed E-state index contributed by atoms with van der Waals surface area (Å²) in [6.45, 7) is 36.1. The van der Waals surface area contributed by atoms with Gasteiger partial charge in [-0.25, -0.2) is 0 Å². The van der Waals surface area contributed by atoms with E-state index in [1.807, 2.05) is 0 Å². The van der Waals surface area contributed by atoms with Gasteiger partial charge in [0.1, 0.15) is 0 Å². The van der Waals surface area contributed by atoms with Gasteiger partial charge in [0.25, 0.3) is 0 Å². The van der Waals surface area contributed by atoms with Crippen LogP contribution in [0.4, 0.5) is 0 Å². The Bertz CT molecular complexity index is 872. The van der Waals surface area contributed by atoms with Crippen molar-refractivity contribution in [1.82, 2.24) is 14.7 Å². The maximum atomic E-state index is 5.68. The van der Waals surface area contributed by atoms with Gasteiger partial charge in [0.15, 0.2) is 0 Å². The lowest BCUT2D eigenvalue weighted by atomic mass is 8.68. The first-order valence-corrected chi connectivity index (χ1v) is 21.8. The standard InChI is InChI=1S/C12H25N.2C10H21NO.B8.B7.B6/c1-10(2)12-6-5-8-13(9-7-12)11(3)4;1-8(2)10-7-12-6-5-11(10)9(3)4;1-8(2)10-7-11(9(3)4)5-6-12-10;1-6(2)8(5)7(3)4;1-5-7(4)6(2)3;1-5(2)6(3)4/h10-12H,5-9H2,1-4H3;2*8-10H,5-7H2,1-4H3;;;. The van der Waals surface area contributed by atoms with Crippen LogP contribution in [0.5, 0.6) is 0 Å². The van der Waals surface area contributed by atoms with E-state index in [9.17, 15) is 0 Å². The molecule has 5 nitrogen and oxygen atoms in total. The van der Waals surface area contributed by atoms with Crippen LogP contribution in [0.1, 0.15) is 102 Å². The SMILES string of the molecule is CC(C)C1CCCN(C(C)C)CC1.CC(C)C1CN(C(C)C)CCO1.CC(C)C1COCCN1C(C)C.[B]B([B])B([B])B([B])[B].[B]B([B])B([B])[B].[B][B]B([B])B([B])[B]. The highest BCUT2D eigenvalue weighted by atomic mass is 16.5. The molecule has 3 unspecified atom stereocenters. The summed E-state index contributed by atoms with van der Waals surface area (Å²) in [4.78, 5) is 7.67. The average molecular weight is 753 g/mol. The Morgan fingerprint density at radius 3 is 1.36 bits per heavy atom. The Labute approximate surface area is 383 Å². The van der Waals surface area contributed by atoms with Gasteiger partial charge in [0.2, 0.25) is 0 Å². The van der Waals surface area contributed by atoms with E-state index in [4.69, 9.17) is 110 Å². The first kappa shape index (κ1) is 63.5. The van der Waals surface area contributed by atoms with Crippen molar-refractivity contribution in [2.75, 3.05) is 52.5 Å². The molecule has 3 saturated heterocycles. The van der Waals surface area contributed by atoms with Gasteiger partial charge in [0, 0.05) is 196 Å². The second-order valence-electron chi connectivity index (χ2n) is 17.8. The van der Waals surface area contributed by atoms with E-state index in [-0.39, 0.29) is 6.39 Å². The molecule has 3 aliphatic rings. The van der Waals surface area contributed by atoms with Crippen LogP contribution in [0, 0.1) is 23.7 Å². The first-order chi connectivity index (χ1) is 26.7. The molecule has 3 heterocycles. The highest BCUT2D eigenvalue weighted by molar-refractivity contribution is 7.89. The Balaban J connectivity index is -0.000000640. The Morgan fingerprint density at radius 1 is 0.534 bits per heavy atom. The quantitative estimate of drug-likeness (QED) is 0.244. The van der Waals surface area contributed by atoms with Crippen LogP contribution < -0.4 is 0 Å². The zero-order valence-electron chi connectivity index (χ0n) is 39.3. The van der Waals surface area contributed by atoms with Crippen LogP contribution in [0.2, 0.25) is 0 Å². The van der Waals surface area contributed by atoms with Crippen LogP contribution >= 0.6 is 0 Å². The number of morpholine rings is 2. The van der Waals surface area contributed by atoms with Gasteiger partial charge in [-0.15, -0.1) is 0 Å². The van der Waals surface area contributed by atoms with E-state index in [2.05, 4.69) is 97.8 Å². The van der Waals surface area contributed by atoms with Gasteiger partial charge >= 0.3 is 0 Å². The predicted octanol–water partition coefficient (Wildman–Crippen LogP) is -1.34. The highest BCUT2D eigenvalue weighted by Gasteiger charge is 2.27. The normalized spacial score (nSPS) is 19.9. The molecule has 0 amide bonds. The van der Waals surface area contributed by atoms with Crippen molar-refractivity contribution in [2.45, 2.75) is 133 Å². The van der Waals surface area contributed by atoms with E-state index in [0.29, 0.717) is 36.1 Å². The summed E-state index contributed by atoms with van der Waals surface area (Å²) in [5, 5.41) is 0. The van der Waals surface area contributed by atoms with Crippen LogP contribution in [0.25, 0.3) is 0 Å². The second-order valence-corrected chi connectivity index (χ2v) is 17.8. The predicted molar refractivity (Wildman–Crippen MR) is 282 cm³/mol. The maximum absolute atomic E-state index is 5.68. The lowest BCUT2D eigenvalue weighted by molar-refractivity contribution is -0.0591. The molecule has 3 rings (SSSR count). The lowest BCUT2D eigenvalue weighted by Gasteiger charge is -2.40. The van der Waals surface area contributed by atoms with Gasteiger partial charge in [-0.3, -0.25) is 9.80 Å². The van der Waals surface area contributed by atoms with Crippen LogP contribution in [-0.2, 0) is 9.47 Å². The Kier molecular flexibility index (Phi) is 39.9. The molecule has 0 bridgehead atoms. The van der Waals surface area contributed by atoms with Crippen molar-refractivity contribution in [1.29, 1.82) is 0 Å². The lowest BCUT2D eigenvalue weighted by Crippen LogP contribution is -2.52.